The maximum Gasteiger partial charge on any atom is 0.221 e. The van der Waals surface area contributed by atoms with Crippen LogP contribution in [0.25, 0.3) is 0 Å². The van der Waals surface area contributed by atoms with Crippen LogP contribution in [0.2, 0.25) is 0 Å². The van der Waals surface area contributed by atoms with E-state index in [-0.39, 0.29) is 12.3 Å². The van der Waals surface area contributed by atoms with Gasteiger partial charge in [-0.1, -0.05) is 12.1 Å². The van der Waals surface area contributed by atoms with E-state index in [0.717, 1.165) is 11.3 Å². The molecule has 1 amide bonds. The van der Waals surface area contributed by atoms with E-state index in [4.69, 9.17) is 5.73 Å². The fourth-order valence-electron chi connectivity index (χ4n) is 0.942. The molecule has 0 aliphatic carbocycles. The fourth-order valence-corrected chi connectivity index (χ4v) is 1.05. The first-order chi connectivity index (χ1) is 6.22. The summed E-state index contributed by atoms with van der Waals surface area (Å²) in [5.41, 5.74) is 6.63. The molecule has 0 atom stereocenters. The highest BCUT2D eigenvalue weighted by atomic mass is 32.1. The quantitative estimate of drug-likeness (QED) is 0.582. The zero-order valence-corrected chi connectivity index (χ0v) is 7.67. The summed E-state index contributed by atoms with van der Waals surface area (Å²) < 4.78 is 0. The maximum absolute atomic E-state index is 10.5. The molecule has 13 heavy (non-hydrogen) atoms. The summed E-state index contributed by atoms with van der Waals surface area (Å²) in [5, 5.41) is 2.26. The molecule has 2 N–H and O–H groups in total. The summed E-state index contributed by atoms with van der Waals surface area (Å²) in [6.07, 6.45) is 0.252. The Labute approximate surface area is 81.3 Å². The molecule has 1 rings (SSSR count). The minimum Gasteiger partial charge on any atom is -0.369 e. The van der Waals surface area contributed by atoms with Gasteiger partial charge in [-0.15, -0.1) is 0 Å². The number of carbonyl (C=O) groups excluding carboxylic acids is 1. The Morgan fingerprint density at radius 2 is 2.08 bits per heavy atom. The van der Waals surface area contributed by atoms with Gasteiger partial charge in [-0.05, 0) is 29.9 Å². The number of hydrogen-bond acceptors (Lipinski definition) is 3. The third-order valence-electron chi connectivity index (χ3n) is 1.49. The van der Waals surface area contributed by atoms with Gasteiger partial charge in [-0.3, -0.25) is 4.79 Å². The zero-order valence-electron chi connectivity index (χ0n) is 6.86. The summed E-state index contributed by atoms with van der Waals surface area (Å²) >= 11 is 4.45. The Morgan fingerprint density at radius 3 is 2.54 bits per heavy atom. The summed E-state index contributed by atoms with van der Waals surface area (Å²) in [6, 6.07) is 7.10. The standard InChI is InChI=1S/C9H8N2OS/c10-9(12)5-7-1-3-8(4-2-7)11-6-13/h1-4H,5H2,(H2,10,12). The van der Waals surface area contributed by atoms with E-state index in [1.54, 1.807) is 24.3 Å². The van der Waals surface area contributed by atoms with E-state index in [2.05, 4.69) is 22.4 Å². The molecular formula is C9H8N2OS. The van der Waals surface area contributed by atoms with E-state index in [1.807, 2.05) is 0 Å². The fraction of sp³-hybridized carbons (Fsp3) is 0.111. The normalized spacial score (nSPS) is 8.92. The number of primary amides is 1. The van der Waals surface area contributed by atoms with E-state index >= 15 is 0 Å². The van der Waals surface area contributed by atoms with Crippen molar-refractivity contribution in [2.75, 3.05) is 0 Å². The smallest absolute Gasteiger partial charge is 0.221 e. The summed E-state index contributed by atoms with van der Waals surface area (Å²) in [5.74, 6) is -0.342. The van der Waals surface area contributed by atoms with Crippen molar-refractivity contribution >= 4 is 29.0 Å². The highest BCUT2D eigenvalue weighted by Gasteiger charge is 1.97. The number of nitrogens with two attached hydrogens (primary N) is 1. The molecule has 0 fully saturated rings. The maximum atomic E-state index is 10.5. The van der Waals surface area contributed by atoms with Crippen molar-refractivity contribution in [3.8, 4) is 0 Å². The van der Waals surface area contributed by atoms with E-state index in [0.29, 0.717) is 0 Å². The molecule has 1 aromatic carbocycles. The van der Waals surface area contributed by atoms with Crippen molar-refractivity contribution < 1.29 is 4.79 Å². The molecular weight excluding hydrogens is 184 g/mol. The molecule has 0 radical (unpaired) electrons. The number of hydrogen-bond donors (Lipinski definition) is 1. The second kappa shape index (κ2) is 4.50. The number of rotatable bonds is 3. The number of isothiocyanates is 1. The Balaban J connectivity index is 2.80. The van der Waals surface area contributed by atoms with Gasteiger partial charge in [0.25, 0.3) is 0 Å². The van der Waals surface area contributed by atoms with Crippen LogP contribution in [0, 0.1) is 0 Å². The molecule has 66 valence electrons. The monoisotopic (exact) mass is 192 g/mol. The Hall–Kier alpha value is -1.51. The van der Waals surface area contributed by atoms with Crippen LogP contribution in [0.1, 0.15) is 5.56 Å². The molecule has 3 nitrogen and oxygen atoms in total. The second-order valence-corrected chi connectivity index (χ2v) is 2.70. The SMILES string of the molecule is NC(=O)Cc1ccc(N=C=S)cc1. The van der Waals surface area contributed by atoms with Crippen molar-refractivity contribution in [3.05, 3.63) is 29.8 Å². The Kier molecular flexibility index (Phi) is 3.31. The number of nitrogens with zero attached hydrogens (tertiary/aromatic N) is 1. The molecule has 0 aliphatic rings. The lowest BCUT2D eigenvalue weighted by Crippen LogP contribution is -2.13. The molecule has 0 unspecified atom stereocenters. The topological polar surface area (TPSA) is 55.5 Å². The van der Waals surface area contributed by atoms with Crippen LogP contribution < -0.4 is 5.73 Å². The summed E-state index contributed by atoms with van der Waals surface area (Å²) in [7, 11) is 0. The number of amides is 1. The third-order valence-corrected chi connectivity index (χ3v) is 1.58. The lowest BCUT2D eigenvalue weighted by molar-refractivity contribution is -0.117. The van der Waals surface area contributed by atoms with Crippen LogP contribution in [0.5, 0.6) is 0 Å². The van der Waals surface area contributed by atoms with Gasteiger partial charge in [-0.2, -0.15) is 4.99 Å². The van der Waals surface area contributed by atoms with Crippen molar-refractivity contribution in [3.63, 3.8) is 0 Å². The molecule has 4 heteroatoms. The van der Waals surface area contributed by atoms with Crippen LogP contribution in [-0.4, -0.2) is 11.1 Å². The Bertz CT molecular complexity index is 352. The molecule has 0 aromatic heterocycles. The van der Waals surface area contributed by atoms with E-state index in [1.165, 1.54) is 0 Å². The number of aliphatic imine (C=N–C) groups is 1. The summed E-state index contributed by atoms with van der Waals surface area (Å²) in [4.78, 5) is 14.3. The number of carbonyl (C=O) groups is 1. The van der Waals surface area contributed by atoms with Crippen molar-refractivity contribution in [1.29, 1.82) is 0 Å². The molecule has 1 aromatic rings. The first kappa shape index (κ1) is 9.58. The zero-order chi connectivity index (χ0) is 9.68. The molecule has 0 bridgehead atoms. The van der Waals surface area contributed by atoms with Crippen LogP contribution in [0.4, 0.5) is 5.69 Å². The van der Waals surface area contributed by atoms with Gasteiger partial charge in [0.2, 0.25) is 5.91 Å². The van der Waals surface area contributed by atoms with Crippen molar-refractivity contribution in [1.82, 2.24) is 0 Å². The minimum atomic E-state index is -0.342. The van der Waals surface area contributed by atoms with Gasteiger partial charge in [0.05, 0.1) is 17.3 Å². The second-order valence-electron chi connectivity index (χ2n) is 2.51. The van der Waals surface area contributed by atoms with Gasteiger partial charge in [-0.25, -0.2) is 0 Å². The molecule has 0 spiro atoms. The average Bonchev–Trinajstić information content (AvgIpc) is 2.08. The number of benzene rings is 1. The highest BCUT2D eigenvalue weighted by Crippen LogP contribution is 2.12. The first-order valence-electron chi connectivity index (χ1n) is 3.67. The summed E-state index contributed by atoms with van der Waals surface area (Å²) in [6.45, 7) is 0. The minimum absolute atomic E-state index is 0.252. The van der Waals surface area contributed by atoms with Gasteiger partial charge in [0.1, 0.15) is 0 Å². The van der Waals surface area contributed by atoms with Crippen molar-refractivity contribution in [2.45, 2.75) is 6.42 Å². The van der Waals surface area contributed by atoms with Crippen LogP contribution >= 0.6 is 12.2 Å². The van der Waals surface area contributed by atoms with Gasteiger partial charge >= 0.3 is 0 Å². The first-order valence-corrected chi connectivity index (χ1v) is 4.08. The van der Waals surface area contributed by atoms with Gasteiger partial charge < -0.3 is 5.73 Å². The lowest BCUT2D eigenvalue weighted by Gasteiger charge is -1.96. The van der Waals surface area contributed by atoms with Crippen LogP contribution in [0.15, 0.2) is 29.3 Å². The van der Waals surface area contributed by atoms with Crippen molar-refractivity contribution in [2.24, 2.45) is 10.7 Å². The predicted molar refractivity (Wildman–Crippen MR) is 54.0 cm³/mol. The molecule has 0 saturated carbocycles. The average molecular weight is 192 g/mol. The molecule has 0 heterocycles. The largest absolute Gasteiger partial charge is 0.369 e. The third kappa shape index (κ3) is 3.15. The molecule has 0 saturated heterocycles. The van der Waals surface area contributed by atoms with E-state index < -0.39 is 0 Å². The molecule has 0 aliphatic heterocycles. The highest BCUT2D eigenvalue weighted by molar-refractivity contribution is 7.78. The van der Waals surface area contributed by atoms with Gasteiger partial charge in [0, 0.05) is 0 Å². The predicted octanol–water partition coefficient (Wildman–Crippen LogP) is 1.45. The Morgan fingerprint density at radius 1 is 1.46 bits per heavy atom. The lowest BCUT2D eigenvalue weighted by atomic mass is 10.1. The van der Waals surface area contributed by atoms with Gasteiger partial charge in [0.15, 0.2) is 0 Å². The van der Waals surface area contributed by atoms with E-state index in [9.17, 15) is 4.79 Å². The number of thiocarbonyl (C=S) groups is 1. The van der Waals surface area contributed by atoms with Crippen LogP contribution in [-0.2, 0) is 11.2 Å². The van der Waals surface area contributed by atoms with Crippen LogP contribution in [0.3, 0.4) is 0 Å².